The van der Waals surface area contributed by atoms with Gasteiger partial charge in [0, 0.05) is 18.7 Å². The molecule has 118 valence electrons. The Morgan fingerprint density at radius 3 is 2.82 bits per heavy atom. The first kappa shape index (κ1) is 16.5. The van der Waals surface area contributed by atoms with E-state index in [9.17, 15) is 9.59 Å². The minimum absolute atomic E-state index is 0.0130. The molecule has 0 saturated heterocycles. The Bertz CT molecular complexity index is 712. The summed E-state index contributed by atoms with van der Waals surface area (Å²) in [6.07, 6.45) is 1.10. The molecule has 22 heavy (non-hydrogen) atoms. The van der Waals surface area contributed by atoms with Crippen molar-refractivity contribution in [1.82, 2.24) is 9.55 Å². The summed E-state index contributed by atoms with van der Waals surface area (Å²) in [5.41, 5.74) is 0.700. The summed E-state index contributed by atoms with van der Waals surface area (Å²) < 4.78 is 6.57. The van der Waals surface area contributed by atoms with E-state index in [1.165, 1.54) is 11.8 Å². The molecule has 0 spiro atoms. The Morgan fingerprint density at radius 2 is 2.09 bits per heavy atom. The lowest BCUT2D eigenvalue weighted by atomic mass is 10.2. The third-order valence-electron chi connectivity index (χ3n) is 3.20. The molecule has 1 heterocycles. The molecule has 1 aromatic carbocycles. The zero-order valence-corrected chi connectivity index (χ0v) is 13.7. The largest absolute Gasteiger partial charge is 0.466 e. The van der Waals surface area contributed by atoms with E-state index in [0.29, 0.717) is 42.1 Å². The second kappa shape index (κ2) is 7.98. The van der Waals surface area contributed by atoms with E-state index in [4.69, 9.17) is 4.74 Å². The van der Waals surface area contributed by atoms with Gasteiger partial charge in [-0.15, -0.1) is 0 Å². The molecule has 0 aliphatic heterocycles. The molecule has 0 aliphatic carbocycles. The number of nitrogens with zero attached hydrogens (tertiary/aromatic N) is 2. The highest BCUT2D eigenvalue weighted by atomic mass is 32.2. The summed E-state index contributed by atoms with van der Waals surface area (Å²) in [6, 6.07) is 7.36. The third kappa shape index (κ3) is 3.88. The number of fused-ring (bicyclic) bond motifs is 1. The van der Waals surface area contributed by atoms with Crippen molar-refractivity contribution in [3.8, 4) is 0 Å². The first-order valence-corrected chi connectivity index (χ1v) is 8.44. The standard InChI is InChI=1S/C16H20N2O3S/c1-3-18-15(20)12-8-5-6-9-13(12)17-16(18)22-11-7-10-14(19)21-4-2/h5-6,8-9H,3-4,7,10-11H2,1-2H3. The molecule has 2 rings (SSSR count). The number of carbonyl (C=O) groups excluding carboxylic acids is 1. The molecule has 0 aliphatic rings. The first-order valence-electron chi connectivity index (χ1n) is 7.45. The highest BCUT2D eigenvalue weighted by Crippen LogP contribution is 2.19. The summed E-state index contributed by atoms with van der Waals surface area (Å²) in [6.45, 7) is 4.72. The van der Waals surface area contributed by atoms with E-state index in [1.807, 2.05) is 25.1 Å². The Morgan fingerprint density at radius 1 is 1.32 bits per heavy atom. The number of carbonyl (C=O) groups is 1. The van der Waals surface area contributed by atoms with Gasteiger partial charge in [0.1, 0.15) is 0 Å². The third-order valence-corrected chi connectivity index (χ3v) is 4.27. The van der Waals surface area contributed by atoms with Crippen LogP contribution in [0.25, 0.3) is 10.9 Å². The summed E-state index contributed by atoms with van der Waals surface area (Å²) in [7, 11) is 0. The van der Waals surface area contributed by atoms with Crippen molar-refractivity contribution < 1.29 is 9.53 Å². The summed E-state index contributed by atoms with van der Waals surface area (Å²) in [5.74, 6) is 0.548. The van der Waals surface area contributed by atoms with Gasteiger partial charge in [-0.05, 0) is 32.4 Å². The van der Waals surface area contributed by atoms with Crippen LogP contribution in [-0.4, -0.2) is 27.9 Å². The average Bonchev–Trinajstić information content (AvgIpc) is 2.52. The number of benzene rings is 1. The zero-order valence-electron chi connectivity index (χ0n) is 12.9. The van der Waals surface area contributed by atoms with Crippen LogP contribution in [-0.2, 0) is 16.1 Å². The van der Waals surface area contributed by atoms with Gasteiger partial charge in [-0.25, -0.2) is 4.98 Å². The van der Waals surface area contributed by atoms with Crippen LogP contribution in [0, 0.1) is 0 Å². The summed E-state index contributed by atoms with van der Waals surface area (Å²) >= 11 is 1.50. The number of rotatable bonds is 7. The lowest BCUT2D eigenvalue weighted by Gasteiger charge is -2.10. The van der Waals surface area contributed by atoms with Crippen molar-refractivity contribution in [2.24, 2.45) is 0 Å². The number of hydrogen-bond donors (Lipinski definition) is 0. The lowest BCUT2D eigenvalue weighted by Crippen LogP contribution is -2.22. The SMILES string of the molecule is CCOC(=O)CCCSc1nc2ccccc2c(=O)n1CC. The van der Waals surface area contributed by atoms with Crippen LogP contribution in [0.3, 0.4) is 0 Å². The van der Waals surface area contributed by atoms with Gasteiger partial charge >= 0.3 is 5.97 Å². The molecule has 0 unspecified atom stereocenters. The maximum Gasteiger partial charge on any atom is 0.305 e. The average molecular weight is 320 g/mol. The number of para-hydroxylation sites is 1. The molecule has 6 heteroatoms. The van der Waals surface area contributed by atoms with Crippen molar-refractivity contribution in [2.45, 2.75) is 38.4 Å². The van der Waals surface area contributed by atoms with E-state index in [-0.39, 0.29) is 11.5 Å². The van der Waals surface area contributed by atoms with Crippen molar-refractivity contribution in [2.75, 3.05) is 12.4 Å². The normalized spacial score (nSPS) is 10.8. The number of thioether (sulfide) groups is 1. The zero-order chi connectivity index (χ0) is 15.9. The quantitative estimate of drug-likeness (QED) is 0.340. The fourth-order valence-electron chi connectivity index (χ4n) is 2.15. The van der Waals surface area contributed by atoms with Gasteiger partial charge in [0.05, 0.1) is 17.5 Å². The van der Waals surface area contributed by atoms with Gasteiger partial charge in [0.15, 0.2) is 5.16 Å². The maximum absolute atomic E-state index is 12.4. The molecule has 1 aromatic heterocycles. The van der Waals surface area contributed by atoms with Gasteiger partial charge in [-0.2, -0.15) is 0 Å². The minimum Gasteiger partial charge on any atom is -0.466 e. The van der Waals surface area contributed by atoms with Crippen LogP contribution < -0.4 is 5.56 Å². The van der Waals surface area contributed by atoms with Gasteiger partial charge < -0.3 is 4.74 Å². The van der Waals surface area contributed by atoms with Crippen LogP contribution in [0.4, 0.5) is 0 Å². The predicted molar refractivity (Wildman–Crippen MR) is 88.3 cm³/mol. The Hall–Kier alpha value is -1.82. The van der Waals surface area contributed by atoms with Crippen LogP contribution in [0.2, 0.25) is 0 Å². The topological polar surface area (TPSA) is 61.2 Å². The van der Waals surface area contributed by atoms with E-state index in [2.05, 4.69) is 4.98 Å². The molecule has 0 N–H and O–H groups in total. The van der Waals surface area contributed by atoms with Crippen LogP contribution in [0.15, 0.2) is 34.2 Å². The molecule has 2 aromatic rings. The number of esters is 1. The molecule has 5 nitrogen and oxygen atoms in total. The second-order valence-electron chi connectivity index (χ2n) is 4.72. The second-order valence-corrected chi connectivity index (χ2v) is 5.78. The van der Waals surface area contributed by atoms with Crippen molar-refractivity contribution in [3.63, 3.8) is 0 Å². The number of aromatic nitrogens is 2. The maximum atomic E-state index is 12.4. The van der Waals surface area contributed by atoms with Crippen molar-refractivity contribution in [1.29, 1.82) is 0 Å². The molecule has 0 fully saturated rings. The lowest BCUT2D eigenvalue weighted by molar-refractivity contribution is -0.143. The number of hydrogen-bond acceptors (Lipinski definition) is 5. The van der Waals surface area contributed by atoms with Crippen LogP contribution >= 0.6 is 11.8 Å². The molecule has 0 saturated carbocycles. The minimum atomic E-state index is -0.178. The van der Waals surface area contributed by atoms with Crippen molar-refractivity contribution in [3.05, 3.63) is 34.6 Å². The Labute approximate surface area is 133 Å². The molecule has 0 atom stereocenters. The van der Waals surface area contributed by atoms with Crippen molar-refractivity contribution >= 4 is 28.6 Å². The van der Waals surface area contributed by atoms with E-state index in [1.54, 1.807) is 17.6 Å². The summed E-state index contributed by atoms with van der Waals surface area (Å²) in [5, 5.41) is 1.34. The first-order chi connectivity index (χ1) is 10.7. The van der Waals surface area contributed by atoms with Crippen LogP contribution in [0.1, 0.15) is 26.7 Å². The molecular formula is C16H20N2O3S. The van der Waals surface area contributed by atoms with Gasteiger partial charge in [0.2, 0.25) is 0 Å². The molecule has 0 amide bonds. The fourth-order valence-corrected chi connectivity index (χ4v) is 3.15. The fraction of sp³-hybridized carbons (Fsp3) is 0.438. The molecular weight excluding hydrogens is 300 g/mol. The predicted octanol–water partition coefficient (Wildman–Crippen LogP) is 2.85. The van der Waals surface area contributed by atoms with Gasteiger partial charge in [-0.1, -0.05) is 23.9 Å². The molecule has 0 bridgehead atoms. The Kier molecular flexibility index (Phi) is 6.00. The number of ether oxygens (including phenoxy) is 1. The van der Waals surface area contributed by atoms with Gasteiger partial charge in [-0.3, -0.25) is 14.2 Å². The van der Waals surface area contributed by atoms with E-state index >= 15 is 0 Å². The van der Waals surface area contributed by atoms with E-state index in [0.717, 1.165) is 5.75 Å². The van der Waals surface area contributed by atoms with Crippen LogP contribution in [0.5, 0.6) is 0 Å². The van der Waals surface area contributed by atoms with Gasteiger partial charge in [0.25, 0.3) is 5.56 Å². The summed E-state index contributed by atoms with van der Waals surface area (Å²) in [4.78, 5) is 28.3. The smallest absolute Gasteiger partial charge is 0.305 e. The highest BCUT2D eigenvalue weighted by Gasteiger charge is 2.10. The molecule has 0 radical (unpaired) electrons. The van der Waals surface area contributed by atoms with E-state index < -0.39 is 0 Å². The monoisotopic (exact) mass is 320 g/mol. The Balaban J connectivity index is 2.10. The highest BCUT2D eigenvalue weighted by molar-refractivity contribution is 7.99.